The molecule has 0 aliphatic rings. The van der Waals surface area contributed by atoms with E-state index in [1.54, 1.807) is 18.3 Å². The van der Waals surface area contributed by atoms with Crippen LogP contribution >= 0.6 is 11.6 Å². The first kappa shape index (κ1) is 18.5. The summed E-state index contributed by atoms with van der Waals surface area (Å²) in [5, 5.41) is 7.67. The fourth-order valence-corrected chi connectivity index (χ4v) is 3.37. The van der Waals surface area contributed by atoms with Crippen LogP contribution in [0.5, 0.6) is 5.75 Å². The van der Waals surface area contributed by atoms with Crippen molar-refractivity contribution in [3.8, 4) is 17.0 Å². The van der Waals surface area contributed by atoms with Crippen LogP contribution in [-0.2, 0) is 13.1 Å². The molecule has 0 radical (unpaired) electrons. The third-order valence-corrected chi connectivity index (χ3v) is 4.75. The molecule has 0 bridgehead atoms. The van der Waals surface area contributed by atoms with Crippen molar-refractivity contribution in [3.63, 3.8) is 0 Å². The van der Waals surface area contributed by atoms with Crippen molar-refractivity contribution < 1.29 is 9.13 Å². The Morgan fingerprint density at radius 3 is 2.82 bits per heavy atom. The highest BCUT2D eigenvalue weighted by Gasteiger charge is 2.15. The molecule has 28 heavy (non-hydrogen) atoms. The fourth-order valence-electron chi connectivity index (χ4n) is 3.20. The Labute approximate surface area is 166 Å². The van der Waals surface area contributed by atoms with E-state index in [1.165, 1.54) is 13.2 Å². The van der Waals surface area contributed by atoms with Gasteiger partial charge >= 0.3 is 0 Å². The van der Waals surface area contributed by atoms with Crippen LogP contribution in [0.25, 0.3) is 22.3 Å². The third-order valence-electron chi connectivity index (χ3n) is 4.52. The summed E-state index contributed by atoms with van der Waals surface area (Å²) < 4.78 is 19.5. The summed E-state index contributed by atoms with van der Waals surface area (Å²) in [6.45, 7) is 1.18. The van der Waals surface area contributed by atoms with Gasteiger partial charge in [-0.3, -0.25) is 10.00 Å². The Kier molecular flexibility index (Phi) is 5.02. The van der Waals surface area contributed by atoms with Crippen molar-refractivity contribution in [2.24, 2.45) is 0 Å². The largest absolute Gasteiger partial charge is 0.497 e. The molecule has 0 amide bonds. The van der Waals surface area contributed by atoms with Gasteiger partial charge in [-0.25, -0.2) is 9.37 Å². The molecule has 2 aromatic carbocycles. The molecule has 4 rings (SSSR count). The number of aromatic amines is 2. The molecule has 0 fully saturated rings. The highest BCUT2D eigenvalue weighted by molar-refractivity contribution is 6.31. The standard InChI is InChI=1S/C20H19ClFN5O/c1-27(11-19-24-17-6-3-13(21)7-18(17)25-19)10-12-9-23-26-20(12)15-5-4-14(28-2)8-16(15)22/h3-9H,10-11H2,1-2H3,(H,23,26)(H,24,25). The van der Waals surface area contributed by atoms with Crippen LogP contribution in [0.15, 0.2) is 42.6 Å². The van der Waals surface area contributed by atoms with Crippen LogP contribution in [0, 0.1) is 5.82 Å². The number of aromatic nitrogens is 4. The number of fused-ring (bicyclic) bond motifs is 1. The van der Waals surface area contributed by atoms with E-state index in [4.69, 9.17) is 16.3 Å². The van der Waals surface area contributed by atoms with Crippen molar-refractivity contribution in [3.05, 3.63) is 64.8 Å². The Hall–Kier alpha value is -2.90. The molecule has 2 N–H and O–H groups in total. The zero-order chi connectivity index (χ0) is 19.7. The molecule has 0 aliphatic carbocycles. The summed E-state index contributed by atoms with van der Waals surface area (Å²) in [6.07, 6.45) is 1.72. The second kappa shape index (κ2) is 7.61. The Balaban J connectivity index is 1.52. The van der Waals surface area contributed by atoms with Crippen molar-refractivity contribution in [2.45, 2.75) is 13.1 Å². The fraction of sp³-hybridized carbons (Fsp3) is 0.200. The summed E-state index contributed by atoms with van der Waals surface area (Å²) in [5.74, 6) is 0.950. The number of imidazole rings is 1. The molecular formula is C20H19ClFN5O. The summed E-state index contributed by atoms with van der Waals surface area (Å²) in [6, 6.07) is 10.3. The van der Waals surface area contributed by atoms with Gasteiger partial charge in [0.1, 0.15) is 17.4 Å². The maximum absolute atomic E-state index is 14.4. The minimum Gasteiger partial charge on any atom is -0.497 e. The minimum absolute atomic E-state index is 0.360. The number of rotatable bonds is 6. The predicted molar refractivity (Wildman–Crippen MR) is 107 cm³/mol. The highest BCUT2D eigenvalue weighted by Crippen LogP contribution is 2.28. The number of H-pyrrole nitrogens is 2. The molecule has 0 saturated carbocycles. The molecule has 8 heteroatoms. The average Bonchev–Trinajstić information content (AvgIpc) is 3.27. The van der Waals surface area contributed by atoms with Crippen molar-refractivity contribution >= 4 is 22.6 Å². The van der Waals surface area contributed by atoms with Crippen LogP contribution < -0.4 is 4.74 Å². The molecule has 4 aromatic rings. The molecule has 0 aliphatic heterocycles. The zero-order valence-electron chi connectivity index (χ0n) is 15.5. The third kappa shape index (κ3) is 3.72. The zero-order valence-corrected chi connectivity index (χ0v) is 16.2. The smallest absolute Gasteiger partial charge is 0.136 e. The first-order valence-electron chi connectivity index (χ1n) is 8.72. The van der Waals surface area contributed by atoms with E-state index in [9.17, 15) is 4.39 Å². The van der Waals surface area contributed by atoms with Crippen LogP contribution in [0.2, 0.25) is 5.02 Å². The molecule has 144 valence electrons. The van der Waals surface area contributed by atoms with E-state index in [0.29, 0.717) is 35.1 Å². The normalized spacial score (nSPS) is 11.5. The van der Waals surface area contributed by atoms with Crippen LogP contribution in [-0.4, -0.2) is 39.2 Å². The van der Waals surface area contributed by atoms with Gasteiger partial charge in [0.05, 0.1) is 36.6 Å². The van der Waals surface area contributed by atoms with Gasteiger partial charge in [0.15, 0.2) is 0 Å². The highest BCUT2D eigenvalue weighted by atomic mass is 35.5. The van der Waals surface area contributed by atoms with Gasteiger partial charge < -0.3 is 9.72 Å². The number of methoxy groups -OCH3 is 1. The SMILES string of the molecule is COc1ccc(-c2[nH]ncc2CN(C)Cc2nc3ccc(Cl)cc3[nH]2)c(F)c1. The number of nitrogens with one attached hydrogen (secondary N) is 2. The lowest BCUT2D eigenvalue weighted by molar-refractivity contribution is 0.312. The van der Waals surface area contributed by atoms with E-state index in [0.717, 1.165) is 22.4 Å². The number of hydrogen-bond donors (Lipinski definition) is 2. The second-order valence-electron chi connectivity index (χ2n) is 6.63. The van der Waals surface area contributed by atoms with E-state index in [2.05, 4.69) is 25.1 Å². The minimum atomic E-state index is -0.360. The molecule has 2 aromatic heterocycles. The predicted octanol–water partition coefficient (Wildman–Crippen LogP) is 4.39. The number of nitrogens with zero attached hydrogens (tertiary/aromatic N) is 3. The first-order valence-corrected chi connectivity index (χ1v) is 9.10. The molecule has 0 atom stereocenters. The summed E-state index contributed by atoms with van der Waals surface area (Å²) in [5.41, 5.74) is 3.78. The lowest BCUT2D eigenvalue weighted by Gasteiger charge is -2.15. The molecule has 2 heterocycles. The molecular weight excluding hydrogens is 381 g/mol. The monoisotopic (exact) mass is 399 g/mol. The summed E-state index contributed by atoms with van der Waals surface area (Å²) in [4.78, 5) is 9.94. The number of benzene rings is 2. The lowest BCUT2D eigenvalue weighted by Crippen LogP contribution is -2.18. The average molecular weight is 400 g/mol. The second-order valence-corrected chi connectivity index (χ2v) is 7.07. The number of hydrogen-bond acceptors (Lipinski definition) is 4. The van der Waals surface area contributed by atoms with Crippen molar-refractivity contribution in [1.82, 2.24) is 25.1 Å². The van der Waals surface area contributed by atoms with Gasteiger partial charge in [0.25, 0.3) is 0 Å². The van der Waals surface area contributed by atoms with Crippen molar-refractivity contribution in [2.75, 3.05) is 14.2 Å². The van der Waals surface area contributed by atoms with Crippen LogP contribution in [0.4, 0.5) is 4.39 Å². The molecule has 6 nitrogen and oxygen atoms in total. The van der Waals surface area contributed by atoms with E-state index in [1.807, 2.05) is 25.2 Å². The summed E-state index contributed by atoms with van der Waals surface area (Å²) >= 11 is 6.03. The Morgan fingerprint density at radius 1 is 1.18 bits per heavy atom. The van der Waals surface area contributed by atoms with Crippen molar-refractivity contribution in [1.29, 1.82) is 0 Å². The molecule has 0 saturated heterocycles. The maximum Gasteiger partial charge on any atom is 0.136 e. The van der Waals surface area contributed by atoms with Gasteiger partial charge in [-0.15, -0.1) is 0 Å². The van der Waals surface area contributed by atoms with Gasteiger partial charge in [0, 0.05) is 28.8 Å². The molecule has 0 spiro atoms. The van der Waals surface area contributed by atoms with Gasteiger partial charge in [-0.1, -0.05) is 11.6 Å². The maximum atomic E-state index is 14.4. The van der Waals surface area contributed by atoms with Gasteiger partial charge in [-0.2, -0.15) is 5.10 Å². The first-order chi connectivity index (χ1) is 13.5. The number of halogens is 2. The van der Waals surface area contributed by atoms with Crippen LogP contribution in [0.3, 0.4) is 0 Å². The quantitative estimate of drug-likeness (QED) is 0.504. The van der Waals surface area contributed by atoms with E-state index in [-0.39, 0.29) is 5.82 Å². The Morgan fingerprint density at radius 2 is 2.04 bits per heavy atom. The van der Waals surface area contributed by atoms with E-state index < -0.39 is 0 Å². The van der Waals surface area contributed by atoms with Gasteiger partial charge in [0.2, 0.25) is 0 Å². The topological polar surface area (TPSA) is 69.8 Å². The van der Waals surface area contributed by atoms with Gasteiger partial charge in [-0.05, 0) is 37.4 Å². The van der Waals surface area contributed by atoms with E-state index >= 15 is 0 Å². The van der Waals surface area contributed by atoms with Crippen LogP contribution in [0.1, 0.15) is 11.4 Å². The lowest BCUT2D eigenvalue weighted by atomic mass is 10.1. The summed E-state index contributed by atoms with van der Waals surface area (Å²) in [7, 11) is 3.48. The number of ether oxygens (including phenoxy) is 1. The Bertz CT molecular complexity index is 1120. The molecule has 0 unspecified atom stereocenters.